The van der Waals surface area contributed by atoms with Crippen LogP contribution in [0.25, 0.3) is 16.0 Å². The first-order valence-corrected chi connectivity index (χ1v) is 40.8. The Morgan fingerprint density at radius 1 is 0.447 bits per heavy atom. The maximum absolute atomic E-state index is 14.0. The van der Waals surface area contributed by atoms with E-state index >= 15 is 0 Å². The van der Waals surface area contributed by atoms with Gasteiger partial charge in [0, 0.05) is 23.1 Å². The summed E-state index contributed by atoms with van der Waals surface area (Å²) in [6.45, 7) is 27.4. The summed E-state index contributed by atoms with van der Waals surface area (Å²) in [5, 5.41) is 11.1. The third kappa shape index (κ3) is 16.2. The summed E-state index contributed by atoms with van der Waals surface area (Å²) in [5.41, 5.74) is 15.6. The summed E-state index contributed by atoms with van der Waals surface area (Å²) in [6.07, 6.45) is 30.2. The van der Waals surface area contributed by atoms with Gasteiger partial charge >= 0.3 is 29.1 Å². The Labute approximate surface area is 623 Å². The van der Waals surface area contributed by atoms with Crippen molar-refractivity contribution in [2.24, 2.45) is 81.0 Å². The van der Waals surface area contributed by atoms with Gasteiger partial charge in [-0.05, 0) is 192 Å². The van der Waals surface area contributed by atoms with Gasteiger partial charge in [-0.15, -0.1) is 11.4 Å². The first-order valence-electron chi connectivity index (χ1n) is 40.8. The van der Waals surface area contributed by atoms with E-state index in [1.54, 1.807) is 24.3 Å². The molecule has 103 heavy (non-hydrogen) atoms. The number of hydrogen-bond donors (Lipinski definition) is 0. The van der Waals surface area contributed by atoms with Crippen molar-refractivity contribution in [3.05, 3.63) is 156 Å². The molecule has 4 heterocycles. The Kier molecular flexibility index (Phi) is 24.9. The van der Waals surface area contributed by atoms with Crippen LogP contribution in [0.3, 0.4) is 0 Å². The molecule has 2 aromatic heterocycles. The molecule has 0 spiro atoms. The van der Waals surface area contributed by atoms with Crippen LogP contribution in [-0.2, 0) is 29.1 Å². The molecule has 10 aliphatic rings. The Morgan fingerprint density at radius 2 is 0.835 bits per heavy atom. The molecule has 2 aromatic carbocycles. The molecule has 6 nitrogen and oxygen atoms in total. The molecule has 0 saturated heterocycles. The molecule has 0 amide bonds. The molecule has 8 fully saturated rings. The van der Waals surface area contributed by atoms with E-state index in [2.05, 4.69) is 78.4 Å². The number of benzene rings is 2. The van der Waals surface area contributed by atoms with Gasteiger partial charge in [0.2, 0.25) is 0 Å². The van der Waals surface area contributed by atoms with E-state index in [0.29, 0.717) is 71.0 Å². The SMILES string of the molecule is CC1CCCCC1C1=N/C(=C(/c2ccc(C(F)(F)F)cc2)c2[n-]c(C3CCCCC3C)cc2C2CCCCC2C)C(C2CCCCC2C)=C1C#N.[C-]#[N+]c1c(C2CCCCC2C)[n-]c(/C(=C2\N=C(C3CCCCC3C)C=C2C2CCCCC2C)c2ccc(C(F)(F)F)cc2)c1C1CCCCC1C.[Co+2]. The number of nitrogens with zero attached hydrogens (tertiary/aromatic N) is 6. The second kappa shape index (κ2) is 33.2. The fourth-order valence-corrected chi connectivity index (χ4v) is 21.5. The minimum Gasteiger partial charge on any atom is -0.671 e. The molecule has 16 unspecified atom stereocenters. The van der Waals surface area contributed by atoms with E-state index in [9.17, 15) is 31.6 Å². The largest absolute Gasteiger partial charge is 2.00 e. The molecule has 2 aliphatic heterocycles. The van der Waals surface area contributed by atoms with Crippen molar-refractivity contribution in [1.29, 1.82) is 5.26 Å². The Hall–Kier alpha value is -5.63. The molecule has 1 radical (unpaired) electrons. The van der Waals surface area contributed by atoms with Crippen LogP contribution in [-0.4, -0.2) is 11.4 Å². The normalized spacial score (nSPS) is 32.8. The Morgan fingerprint density at radius 3 is 1.27 bits per heavy atom. The Bertz CT molecular complexity index is 3910. The minimum atomic E-state index is -4.43. The van der Waals surface area contributed by atoms with E-state index in [1.807, 2.05) is 0 Å². The van der Waals surface area contributed by atoms with Crippen LogP contribution >= 0.6 is 0 Å². The van der Waals surface area contributed by atoms with Gasteiger partial charge < -0.3 is 9.97 Å². The number of rotatable bonds is 12. The van der Waals surface area contributed by atoms with Crippen LogP contribution in [0.4, 0.5) is 32.0 Å². The summed E-state index contributed by atoms with van der Waals surface area (Å²) in [6, 6.07) is 16.7. The molecule has 13 heteroatoms. The first-order chi connectivity index (χ1) is 49.1. The standard InChI is InChI=1S/2C45H57F3N3.Co/c1-27-14-6-10-18-33(27)37-26-38(34-19-11-7-15-28(34)2)50-41(37)39(31-22-24-32(25-23-31)45(46,47)48)43-40(35-20-12-8-16-29(35)3)44(49-5)42(51-43)36-21-13-9-17-30(36)4;1-27-13-5-9-17-33(27)37-25-39(34-18-10-6-14-28(34)2)50-43(37)40(31-21-23-32(24-22-31)45(46,47)48)44-41(35-19-11-7-15-29(35)3)38(26-49)42(51-44)36-20-12-8-16-30(36)4;/h22-30,33-36H,6-21H2,1-4H3;21-25,27-30,33-36H,5-20H2,1-4H3;/q2*-1;+2/b41-39-;44-40-;. The molecule has 16 atom stereocenters. The maximum Gasteiger partial charge on any atom is 2.00 e. The second-order valence-corrected chi connectivity index (χ2v) is 34.3. The molecule has 0 bridgehead atoms. The van der Waals surface area contributed by atoms with Gasteiger partial charge in [-0.3, -0.25) is 9.98 Å². The first kappa shape index (κ1) is 77.0. The van der Waals surface area contributed by atoms with Gasteiger partial charge in [-0.1, -0.05) is 251 Å². The predicted molar refractivity (Wildman–Crippen MR) is 402 cm³/mol. The van der Waals surface area contributed by atoms with E-state index < -0.39 is 23.5 Å². The quantitative estimate of drug-likeness (QED) is 0.105. The van der Waals surface area contributed by atoms with Crippen LogP contribution in [0.1, 0.15) is 341 Å². The van der Waals surface area contributed by atoms with Crippen molar-refractivity contribution >= 4 is 28.3 Å². The summed E-state index contributed by atoms with van der Waals surface area (Å²) in [4.78, 5) is 26.8. The number of aromatic nitrogens is 2. The fraction of sp³-hybridized carbons (Fsp3) is 0.644. The molecule has 555 valence electrons. The third-order valence-corrected chi connectivity index (χ3v) is 27.7. The Balaban J connectivity index is 0.000000192. The van der Waals surface area contributed by atoms with Crippen molar-refractivity contribution in [2.45, 2.75) is 297 Å². The van der Waals surface area contributed by atoms with Crippen molar-refractivity contribution in [3.63, 3.8) is 0 Å². The van der Waals surface area contributed by atoms with Crippen molar-refractivity contribution < 1.29 is 43.1 Å². The van der Waals surface area contributed by atoms with Crippen LogP contribution in [0.5, 0.6) is 0 Å². The molecule has 8 aliphatic carbocycles. The van der Waals surface area contributed by atoms with Crippen molar-refractivity contribution in [2.75, 3.05) is 0 Å². The van der Waals surface area contributed by atoms with Crippen LogP contribution in [0.2, 0.25) is 0 Å². The van der Waals surface area contributed by atoms with E-state index in [4.69, 9.17) is 26.5 Å². The number of halogens is 6. The summed E-state index contributed by atoms with van der Waals surface area (Å²) in [5.74, 6) is 5.92. The summed E-state index contributed by atoms with van der Waals surface area (Å²) < 4.78 is 83.9. The van der Waals surface area contributed by atoms with Crippen LogP contribution < -0.4 is 9.97 Å². The molecular weight excluding hydrogens is 1340 g/mol. The van der Waals surface area contributed by atoms with Gasteiger partial charge in [0.15, 0.2) is 5.69 Å². The number of hydrogen-bond acceptors (Lipinski definition) is 3. The van der Waals surface area contributed by atoms with Crippen LogP contribution in [0.15, 0.2) is 98.8 Å². The third-order valence-electron chi connectivity index (χ3n) is 27.7. The van der Waals surface area contributed by atoms with Gasteiger partial charge in [-0.2, -0.15) is 43.0 Å². The molecular formula is C90H114CoF6N6. The average molecular weight is 1450 g/mol. The summed E-state index contributed by atoms with van der Waals surface area (Å²) in [7, 11) is 0. The number of alkyl halides is 6. The zero-order chi connectivity index (χ0) is 71.7. The van der Waals surface area contributed by atoms with Gasteiger partial charge in [0.25, 0.3) is 0 Å². The topological polar surface area (TPSA) is 81.1 Å². The smallest absolute Gasteiger partial charge is 0.671 e. The number of nitriles is 1. The van der Waals surface area contributed by atoms with Gasteiger partial charge in [-0.25, -0.2) is 4.85 Å². The maximum atomic E-state index is 14.0. The summed E-state index contributed by atoms with van der Waals surface area (Å²) >= 11 is 0. The van der Waals surface area contributed by atoms with Crippen molar-refractivity contribution in [3.8, 4) is 6.07 Å². The molecule has 8 saturated carbocycles. The monoisotopic (exact) mass is 1450 g/mol. The zero-order valence-electron chi connectivity index (χ0n) is 62.9. The second-order valence-electron chi connectivity index (χ2n) is 34.3. The van der Waals surface area contributed by atoms with E-state index in [0.717, 1.165) is 193 Å². The predicted octanol–water partition coefficient (Wildman–Crippen LogP) is 26.5. The minimum absolute atomic E-state index is 0. The average Bonchev–Trinajstić information content (AvgIpc) is 1.59. The zero-order valence-corrected chi connectivity index (χ0v) is 64.0. The van der Waals surface area contributed by atoms with E-state index in [1.165, 1.54) is 138 Å². The molecule has 4 aromatic rings. The van der Waals surface area contributed by atoms with Crippen LogP contribution in [0, 0.1) is 88.9 Å². The molecule has 0 N–H and O–H groups in total. The van der Waals surface area contributed by atoms with Crippen molar-refractivity contribution in [1.82, 2.24) is 9.97 Å². The number of allylic oxidation sites excluding steroid dienone is 4. The number of aliphatic imine (C=N–C) groups is 2. The van der Waals surface area contributed by atoms with Gasteiger partial charge in [0.1, 0.15) is 6.07 Å². The molecule has 14 rings (SSSR count). The fourth-order valence-electron chi connectivity index (χ4n) is 21.5. The van der Waals surface area contributed by atoms with Gasteiger partial charge in [0.05, 0.1) is 40.4 Å². The van der Waals surface area contributed by atoms with E-state index in [-0.39, 0.29) is 40.5 Å².